The maximum absolute atomic E-state index is 15.7. The fourth-order valence-electron chi connectivity index (χ4n) is 7.90. The van der Waals surface area contributed by atoms with Crippen molar-refractivity contribution >= 4 is 17.5 Å². The van der Waals surface area contributed by atoms with Crippen LogP contribution >= 0.6 is 0 Å². The standard InChI is InChI=1S/C26H33FO7/c1-13(28)32-12-20(31)26-21(33-23(2,3)34-26)10-16-15-9-18(27)17-8-14(29)6-7-24(17,4)22(15)19(30)11-25(16,26)5/h6-8,15-16,18-19,21-22,30H,9-12H2,1-5H3/t15?,16?,18-,19?,21+,22?,24-,25-,26+/m0/s1/i2D3,3D3. The van der Waals surface area contributed by atoms with E-state index in [1.165, 1.54) is 12.2 Å². The average Bonchev–Trinajstić information content (AvgIpc) is 3.29. The molecule has 0 aromatic carbocycles. The summed E-state index contributed by atoms with van der Waals surface area (Å²) >= 11 is 0. The van der Waals surface area contributed by atoms with Crippen molar-refractivity contribution in [1.29, 1.82) is 0 Å². The molecule has 5 rings (SSSR count). The highest BCUT2D eigenvalue weighted by Crippen LogP contribution is 2.70. The number of allylic oxidation sites excluding steroid dienone is 4. The molecule has 3 saturated carbocycles. The Bertz CT molecular complexity index is 1200. The number of fused-ring (bicyclic) bond motifs is 7. The Morgan fingerprint density at radius 2 is 2.06 bits per heavy atom. The second kappa shape index (κ2) is 7.31. The molecule has 0 bridgehead atoms. The fraction of sp³-hybridized carbons (Fsp3) is 0.731. The van der Waals surface area contributed by atoms with E-state index in [0.29, 0.717) is 0 Å². The van der Waals surface area contributed by atoms with E-state index in [1.807, 2.05) is 0 Å². The Hall–Kier alpha value is -1.90. The number of Topliss-reactive ketones (excluding diaryl/α,β-unsaturated/α-hetero) is 1. The van der Waals surface area contributed by atoms with Gasteiger partial charge in [-0.2, -0.15) is 0 Å². The van der Waals surface area contributed by atoms with E-state index in [2.05, 4.69) is 0 Å². The van der Waals surface area contributed by atoms with Gasteiger partial charge in [-0.05, 0) is 62.5 Å². The van der Waals surface area contributed by atoms with Crippen LogP contribution in [0.2, 0.25) is 0 Å². The number of aliphatic hydroxyl groups is 1. The molecule has 1 heterocycles. The summed E-state index contributed by atoms with van der Waals surface area (Å²) in [6, 6.07) is 0. The third-order valence-electron chi connectivity index (χ3n) is 9.07. The molecule has 0 spiro atoms. The first-order valence-electron chi connectivity index (χ1n) is 14.6. The van der Waals surface area contributed by atoms with E-state index in [9.17, 15) is 19.5 Å². The number of carbonyl (C=O) groups excluding carboxylic acids is 3. The highest BCUT2D eigenvalue weighted by molar-refractivity contribution is 6.01. The molecular formula is C26H33FO7. The number of halogens is 1. The molecule has 34 heavy (non-hydrogen) atoms. The lowest BCUT2D eigenvalue weighted by Gasteiger charge is -2.60. The van der Waals surface area contributed by atoms with Crippen LogP contribution in [-0.2, 0) is 28.6 Å². The number of esters is 1. The lowest BCUT2D eigenvalue weighted by molar-refractivity contribution is -0.227. The smallest absolute Gasteiger partial charge is 0.303 e. The minimum atomic E-state index is -3.35. The van der Waals surface area contributed by atoms with E-state index in [1.54, 1.807) is 19.9 Å². The molecule has 5 aliphatic rings. The quantitative estimate of drug-likeness (QED) is 0.618. The van der Waals surface area contributed by atoms with Crippen LogP contribution in [0, 0.1) is 28.6 Å². The number of ether oxygens (including phenoxy) is 3. The summed E-state index contributed by atoms with van der Waals surface area (Å²) < 4.78 is 80.8. The van der Waals surface area contributed by atoms with Gasteiger partial charge >= 0.3 is 5.97 Å². The van der Waals surface area contributed by atoms with E-state index in [4.69, 9.17) is 22.4 Å². The lowest BCUT2D eigenvalue weighted by atomic mass is 9.46. The third kappa shape index (κ3) is 3.00. The number of alkyl halides is 1. The second-order valence-electron chi connectivity index (χ2n) is 10.8. The fourth-order valence-corrected chi connectivity index (χ4v) is 7.90. The number of ketones is 2. The summed E-state index contributed by atoms with van der Waals surface area (Å²) in [6.45, 7) is -3.09. The first-order valence-corrected chi connectivity index (χ1v) is 11.6. The normalized spacial score (nSPS) is 51.7. The van der Waals surface area contributed by atoms with Crippen molar-refractivity contribution in [3.63, 3.8) is 0 Å². The van der Waals surface area contributed by atoms with E-state index in [-0.39, 0.29) is 30.6 Å². The Kier molecular flexibility index (Phi) is 3.76. The van der Waals surface area contributed by atoms with Gasteiger partial charge in [0.05, 0.1) is 12.2 Å². The minimum Gasteiger partial charge on any atom is -0.458 e. The molecule has 186 valence electrons. The number of carbonyl (C=O) groups is 3. The van der Waals surface area contributed by atoms with Crippen LogP contribution in [0.15, 0.2) is 23.8 Å². The molecule has 0 amide bonds. The monoisotopic (exact) mass is 482 g/mol. The van der Waals surface area contributed by atoms with Crippen molar-refractivity contribution < 1.29 is 46.3 Å². The van der Waals surface area contributed by atoms with Gasteiger partial charge in [-0.25, -0.2) is 4.39 Å². The van der Waals surface area contributed by atoms with Gasteiger partial charge in [0, 0.05) is 31.9 Å². The zero-order chi connectivity index (χ0) is 29.8. The Morgan fingerprint density at radius 1 is 1.32 bits per heavy atom. The first-order chi connectivity index (χ1) is 18.2. The molecule has 4 aliphatic carbocycles. The van der Waals surface area contributed by atoms with Crippen LogP contribution in [0.4, 0.5) is 4.39 Å². The minimum absolute atomic E-state index is 0.0470. The third-order valence-corrected chi connectivity index (χ3v) is 9.07. The van der Waals surface area contributed by atoms with Gasteiger partial charge in [-0.1, -0.05) is 19.9 Å². The maximum Gasteiger partial charge on any atom is 0.303 e. The summed E-state index contributed by atoms with van der Waals surface area (Å²) in [4.78, 5) is 37.6. The number of aliphatic hydroxyl groups excluding tert-OH is 1. The molecule has 0 aromatic rings. The van der Waals surface area contributed by atoms with Gasteiger partial charge in [0.15, 0.2) is 23.8 Å². The molecule has 1 aliphatic heterocycles. The van der Waals surface area contributed by atoms with Gasteiger partial charge in [0.1, 0.15) is 6.17 Å². The van der Waals surface area contributed by atoms with Gasteiger partial charge in [0.2, 0.25) is 5.78 Å². The molecule has 7 nitrogen and oxygen atoms in total. The predicted molar refractivity (Wildman–Crippen MR) is 118 cm³/mol. The zero-order valence-corrected chi connectivity index (χ0v) is 19.3. The van der Waals surface area contributed by atoms with Crippen LogP contribution in [-0.4, -0.2) is 59.0 Å². The molecule has 4 unspecified atom stereocenters. The average molecular weight is 483 g/mol. The molecule has 4 fully saturated rings. The molecule has 9 atom stereocenters. The van der Waals surface area contributed by atoms with Crippen LogP contribution in [0.3, 0.4) is 0 Å². The van der Waals surface area contributed by atoms with Crippen LogP contribution < -0.4 is 0 Å². The first kappa shape index (κ1) is 17.5. The van der Waals surface area contributed by atoms with Crippen LogP contribution in [0.5, 0.6) is 0 Å². The summed E-state index contributed by atoms with van der Waals surface area (Å²) in [6.07, 6.45) is -0.104. The lowest BCUT2D eigenvalue weighted by Crippen LogP contribution is -2.64. The zero-order valence-electron chi connectivity index (χ0n) is 25.3. The second-order valence-corrected chi connectivity index (χ2v) is 10.8. The van der Waals surface area contributed by atoms with E-state index in [0.717, 1.165) is 6.92 Å². The van der Waals surface area contributed by atoms with E-state index >= 15 is 4.39 Å². The number of rotatable bonds is 3. The number of hydrogen-bond acceptors (Lipinski definition) is 7. The molecule has 0 radical (unpaired) electrons. The van der Waals surface area contributed by atoms with E-state index < -0.39 is 90.4 Å². The van der Waals surface area contributed by atoms with Crippen molar-refractivity contribution in [3.8, 4) is 0 Å². The SMILES string of the molecule is [2H]C([2H])([2H])C1(C([2H])([2H])[2H])O[C@@H]2CC3C4C[C@H](F)C5=CC(=O)C=C[C@]5(C)C4C(O)C[C@]3(C)[C@]2(C(=O)COC(C)=O)O1. The van der Waals surface area contributed by atoms with Crippen LogP contribution in [0.1, 0.15) is 62.0 Å². The molecule has 0 aromatic heterocycles. The van der Waals surface area contributed by atoms with Crippen molar-refractivity contribution in [3.05, 3.63) is 23.8 Å². The highest BCUT2D eigenvalue weighted by atomic mass is 19.1. The largest absolute Gasteiger partial charge is 0.458 e. The van der Waals surface area contributed by atoms with Crippen molar-refractivity contribution in [2.24, 2.45) is 28.6 Å². The Balaban J connectivity index is 1.64. The Labute approximate surface area is 207 Å². The van der Waals surface area contributed by atoms with Crippen molar-refractivity contribution in [2.45, 2.75) is 83.5 Å². The molecule has 1 N–H and O–H groups in total. The van der Waals surface area contributed by atoms with Gasteiger partial charge < -0.3 is 19.3 Å². The summed E-state index contributed by atoms with van der Waals surface area (Å²) in [7, 11) is 0. The topological polar surface area (TPSA) is 99.1 Å². The summed E-state index contributed by atoms with van der Waals surface area (Å²) in [5.41, 5.74) is -4.35. The van der Waals surface area contributed by atoms with Gasteiger partial charge in [0.25, 0.3) is 0 Å². The van der Waals surface area contributed by atoms with Gasteiger partial charge in [-0.3, -0.25) is 14.4 Å². The Morgan fingerprint density at radius 3 is 2.74 bits per heavy atom. The highest BCUT2D eigenvalue weighted by Gasteiger charge is 2.77. The maximum atomic E-state index is 15.7. The van der Waals surface area contributed by atoms with Crippen molar-refractivity contribution in [1.82, 2.24) is 0 Å². The molecule has 1 saturated heterocycles. The molecular weight excluding hydrogens is 443 g/mol. The summed E-state index contributed by atoms with van der Waals surface area (Å²) in [5, 5.41) is 11.7. The number of hydrogen-bond donors (Lipinski definition) is 1. The molecule has 8 heteroatoms. The predicted octanol–water partition coefficient (Wildman–Crippen LogP) is 2.85. The van der Waals surface area contributed by atoms with Crippen LogP contribution in [0.25, 0.3) is 0 Å². The van der Waals surface area contributed by atoms with Crippen molar-refractivity contribution in [2.75, 3.05) is 6.61 Å². The summed E-state index contributed by atoms with van der Waals surface area (Å²) in [5.74, 6) is -6.86. The van der Waals surface area contributed by atoms with Gasteiger partial charge in [-0.15, -0.1) is 0 Å².